The molecule has 0 saturated carbocycles. The Morgan fingerprint density at radius 2 is 1.79 bits per heavy atom. The molecule has 16 heteroatoms. The molecule has 1 aliphatic rings. The second kappa shape index (κ2) is 12.8. The molecule has 0 aromatic heterocycles. The van der Waals surface area contributed by atoms with Gasteiger partial charge in [-0.1, -0.05) is 22.0 Å². The molecule has 38 heavy (non-hydrogen) atoms. The highest BCUT2D eigenvalue weighted by Gasteiger charge is 2.58. The number of hydrogen-bond acceptors (Lipinski definition) is 10. The number of carbonyl (C=O) groups is 6. The van der Waals surface area contributed by atoms with Crippen molar-refractivity contribution in [2.45, 2.75) is 18.4 Å². The third kappa shape index (κ3) is 6.16. The number of hydrogen-bond donors (Lipinski definition) is 4. The monoisotopic (exact) mass is 599 g/mol. The van der Waals surface area contributed by atoms with E-state index >= 15 is 0 Å². The van der Waals surface area contributed by atoms with Crippen LogP contribution in [-0.4, -0.2) is 48.3 Å². The first-order valence-electron chi connectivity index (χ1n) is 10.3. The van der Waals surface area contributed by atoms with E-state index in [0.29, 0.717) is 15.8 Å². The lowest BCUT2D eigenvalue weighted by molar-refractivity contribution is -0.161. The van der Waals surface area contributed by atoms with Crippen molar-refractivity contribution >= 4 is 52.2 Å². The summed E-state index contributed by atoms with van der Waals surface area (Å²) in [5.74, 6) is 2.60. The van der Waals surface area contributed by atoms with E-state index in [1.807, 2.05) is 0 Å². The van der Waals surface area contributed by atoms with Crippen LogP contribution in [-0.2, 0) is 40.6 Å². The van der Waals surface area contributed by atoms with Crippen molar-refractivity contribution in [3.05, 3.63) is 69.2 Å². The molecule has 202 valence electrons. The molecule has 0 aliphatic carbocycles. The van der Waals surface area contributed by atoms with Crippen molar-refractivity contribution in [1.82, 2.24) is 15.8 Å². The predicted molar refractivity (Wildman–Crippen MR) is 126 cm³/mol. The summed E-state index contributed by atoms with van der Waals surface area (Å²) >= 11 is 3.10. The topological polar surface area (TPSA) is 200 Å². The van der Waals surface area contributed by atoms with Gasteiger partial charge in [0, 0.05) is 15.6 Å². The number of imide groups is 1. The number of nitrogens with zero attached hydrogens (tertiary/aromatic N) is 1. The second-order valence-corrected chi connectivity index (χ2v) is 8.30. The van der Waals surface area contributed by atoms with Gasteiger partial charge in [-0.15, -0.1) is 0 Å². The maximum atomic E-state index is 14.5. The molecule has 1 atom stereocenters. The fraction of sp³-hybridized carbons (Fsp3) is 0.182. The minimum absolute atomic E-state index is 0.0840. The van der Waals surface area contributed by atoms with E-state index < -0.39 is 65.4 Å². The summed E-state index contributed by atoms with van der Waals surface area (Å²) in [5.41, 5.74) is -0.184. The molecule has 0 bridgehead atoms. The van der Waals surface area contributed by atoms with Gasteiger partial charge in [-0.05, 0) is 35.9 Å². The quantitative estimate of drug-likeness (QED) is 0.0686. The highest BCUT2D eigenvalue weighted by molar-refractivity contribution is 9.10. The van der Waals surface area contributed by atoms with Crippen molar-refractivity contribution < 1.29 is 47.0 Å². The first-order chi connectivity index (χ1) is 18.0. The van der Waals surface area contributed by atoms with E-state index in [4.69, 9.17) is 15.4 Å². The van der Waals surface area contributed by atoms with Crippen LogP contribution in [0.1, 0.15) is 27.9 Å². The zero-order valence-electron chi connectivity index (χ0n) is 19.5. The Balaban J connectivity index is 0.00000118. The number of methoxy groups -OCH3 is 1. The summed E-state index contributed by atoms with van der Waals surface area (Å²) < 4.78 is 38.1. The molecule has 2 aromatic carbocycles. The number of nitrogens with one attached hydrogen (secondary N) is 2. The highest BCUT2D eigenvalue weighted by atomic mass is 79.9. The van der Waals surface area contributed by atoms with Crippen molar-refractivity contribution in [3.63, 3.8) is 0 Å². The van der Waals surface area contributed by atoms with Crippen LogP contribution in [0.3, 0.4) is 0 Å². The van der Waals surface area contributed by atoms with Gasteiger partial charge in [0.25, 0.3) is 11.8 Å². The number of fused-ring (bicyclic) bond motifs is 1. The van der Waals surface area contributed by atoms with Gasteiger partial charge >= 0.3 is 18.0 Å². The summed E-state index contributed by atoms with van der Waals surface area (Å²) in [6, 6.07) is 6.54. The molecule has 0 saturated heterocycles. The summed E-state index contributed by atoms with van der Waals surface area (Å²) in [6.45, 7) is -0.620. The number of halogens is 3. The number of ether oxygens (including phenoxy) is 2. The van der Waals surface area contributed by atoms with E-state index in [1.165, 1.54) is 17.6 Å². The summed E-state index contributed by atoms with van der Waals surface area (Å²) in [7, 11) is 0.906. The largest absolute Gasteiger partial charge is 0.468 e. The third-order valence-corrected chi connectivity index (χ3v) is 5.70. The lowest BCUT2D eigenvalue weighted by atomic mass is 9.71. The van der Waals surface area contributed by atoms with Crippen LogP contribution in [0.2, 0.25) is 0 Å². The van der Waals surface area contributed by atoms with Gasteiger partial charge in [0.2, 0.25) is 6.41 Å². The number of amides is 4. The van der Waals surface area contributed by atoms with Gasteiger partial charge < -0.3 is 9.47 Å². The average Bonchev–Trinajstić information content (AvgIpc) is 2.89. The average molecular weight is 600 g/mol. The van der Waals surface area contributed by atoms with Gasteiger partial charge in [0.1, 0.15) is 11.6 Å². The van der Waals surface area contributed by atoms with E-state index in [0.717, 1.165) is 31.4 Å². The van der Waals surface area contributed by atoms with E-state index in [9.17, 15) is 32.8 Å². The number of esters is 2. The van der Waals surface area contributed by atoms with Crippen LogP contribution in [0.4, 0.5) is 13.6 Å². The number of nitrogens with two attached hydrogens (primary N) is 2. The fourth-order valence-electron chi connectivity index (χ4n) is 3.60. The van der Waals surface area contributed by atoms with Gasteiger partial charge in [0.05, 0.1) is 20.1 Å². The molecule has 0 radical (unpaired) electrons. The van der Waals surface area contributed by atoms with Crippen molar-refractivity contribution in [1.29, 1.82) is 0 Å². The van der Waals surface area contributed by atoms with E-state index in [1.54, 1.807) is 5.43 Å². The van der Waals surface area contributed by atoms with Gasteiger partial charge in [-0.2, -0.15) is 0 Å². The Kier molecular flexibility index (Phi) is 10.1. The summed E-state index contributed by atoms with van der Waals surface area (Å²) in [5, 5.41) is 0. The summed E-state index contributed by atoms with van der Waals surface area (Å²) in [6.07, 6.45) is -2.13. The molecule has 0 fully saturated rings. The molecule has 4 amide bonds. The number of rotatable bonds is 6. The van der Waals surface area contributed by atoms with E-state index in [2.05, 4.69) is 26.5 Å². The Labute approximate surface area is 221 Å². The first kappa shape index (κ1) is 29.9. The zero-order valence-corrected chi connectivity index (χ0v) is 21.0. The smallest absolute Gasteiger partial charge is 0.429 e. The Morgan fingerprint density at radius 3 is 2.34 bits per heavy atom. The van der Waals surface area contributed by atoms with Crippen LogP contribution in [0.15, 0.2) is 40.9 Å². The molecule has 13 nitrogen and oxygen atoms in total. The maximum Gasteiger partial charge on any atom is 0.429 e. The minimum Gasteiger partial charge on any atom is -0.468 e. The standard InChI is InChI=1S/C21H16BrF2N3O7.CH4N2O/c1-33-19(31)21(8-16(28)34-20(32)26-25)14-7-12(23)4-5-13(14)17(29)27(18(21)30)9-10-2-3-11(22)6-15(10)24;2-3-1-4/h2-7H,8-9,25H2,1H3,(H,26,32);1H,2H2,(H,3,4). The van der Waals surface area contributed by atoms with Gasteiger partial charge in [-0.3, -0.25) is 39.7 Å². The lowest BCUT2D eigenvalue weighted by Crippen LogP contribution is -2.59. The van der Waals surface area contributed by atoms with Crippen molar-refractivity contribution in [2.24, 2.45) is 11.7 Å². The number of carbonyl (C=O) groups excluding carboxylic acids is 6. The minimum atomic E-state index is -2.61. The van der Waals surface area contributed by atoms with Crippen LogP contribution >= 0.6 is 15.9 Å². The van der Waals surface area contributed by atoms with Crippen LogP contribution in [0.25, 0.3) is 0 Å². The predicted octanol–water partition coefficient (Wildman–Crippen LogP) is 0.443. The molecular formula is C22H20BrF2N5O8. The van der Waals surface area contributed by atoms with E-state index in [-0.39, 0.29) is 11.1 Å². The van der Waals surface area contributed by atoms with Gasteiger partial charge in [-0.25, -0.2) is 25.3 Å². The molecule has 6 N–H and O–H groups in total. The van der Waals surface area contributed by atoms with Gasteiger partial charge in [0.15, 0.2) is 5.41 Å². The molecular weight excluding hydrogens is 580 g/mol. The number of hydrazine groups is 2. The Morgan fingerprint density at radius 1 is 1.13 bits per heavy atom. The molecule has 1 unspecified atom stereocenters. The van der Waals surface area contributed by atoms with Crippen molar-refractivity contribution in [3.8, 4) is 0 Å². The van der Waals surface area contributed by atoms with Crippen LogP contribution in [0.5, 0.6) is 0 Å². The molecule has 3 rings (SSSR count). The molecule has 1 heterocycles. The summed E-state index contributed by atoms with van der Waals surface area (Å²) in [4.78, 5) is 73.0. The lowest BCUT2D eigenvalue weighted by Gasteiger charge is -2.39. The SMILES string of the molecule is COC(=O)C1(CC(=O)OC(=O)NN)C(=O)N(Cc2ccc(Br)cc2F)C(=O)c2ccc(F)cc21.NNC=O. The Hall–Kier alpha value is -4.28. The third-order valence-electron chi connectivity index (χ3n) is 5.21. The molecule has 2 aromatic rings. The normalized spacial score (nSPS) is 15.9. The Bertz CT molecular complexity index is 1290. The van der Waals surface area contributed by atoms with Crippen LogP contribution in [0, 0.1) is 11.6 Å². The maximum absolute atomic E-state index is 14.5. The second-order valence-electron chi connectivity index (χ2n) is 7.39. The first-order valence-corrected chi connectivity index (χ1v) is 11.1. The molecule has 0 spiro atoms. The van der Waals surface area contributed by atoms with Crippen LogP contribution < -0.4 is 22.5 Å². The zero-order chi connectivity index (χ0) is 28.6. The highest BCUT2D eigenvalue weighted by Crippen LogP contribution is 2.40. The molecule has 1 aliphatic heterocycles. The fourth-order valence-corrected chi connectivity index (χ4v) is 3.94. The van der Waals surface area contributed by atoms with Crippen molar-refractivity contribution in [2.75, 3.05) is 7.11 Å². The number of benzene rings is 2.